The molecule has 3 aromatic heterocycles. The number of benzene rings is 2. The van der Waals surface area contributed by atoms with Crippen LogP contribution in [0.2, 0.25) is 0 Å². The Hall–Kier alpha value is -3.14. The van der Waals surface area contributed by atoms with Gasteiger partial charge in [-0.05, 0) is 19.1 Å². The van der Waals surface area contributed by atoms with E-state index in [9.17, 15) is 0 Å². The summed E-state index contributed by atoms with van der Waals surface area (Å²) >= 11 is 0. The number of hydrogen-bond donors (Lipinski definition) is 1. The minimum Gasteiger partial charge on any atom is -0.361 e. The zero-order valence-corrected chi connectivity index (χ0v) is 12.6. The SMILES string of the molecule is Cc1nn2c(ncc3ccccc32)c1-c1c[nH]c2ccccc12. The first-order chi connectivity index (χ1) is 11.3. The van der Waals surface area contributed by atoms with E-state index in [0.29, 0.717) is 0 Å². The van der Waals surface area contributed by atoms with Crippen molar-refractivity contribution in [1.82, 2.24) is 19.6 Å². The second-order valence-electron chi connectivity index (χ2n) is 5.76. The van der Waals surface area contributed by atoms with Gasteiger partial charge in [0, 0.05) is 34.2 Å². The summed E-state index contributed by atoms with van der Waals surface area (Å²) in [6.45, 7) is 2.04. The molecule has 5 aromatic rings. The molecular weight excluding hydrogens is 284 g/mol. The van der Waals surface area contributed by atoms with Gasteiger partial charge in [0.1, 0.15) is 0 Å². The first-order valence-corrected chi connectivity index (χ1v) is 7.62. The lowest BCUT2D eigenvalue weighted by Gasteiger charge is -2.01. The summed E-state index contributed by atoms with van der Waals surface area (Å²) in [4.78, 5) is 8.02. The summed E-state index contributed by atoms with van der Waals surface area (Å²) < 4.78 is 1.95. The predicted molar refractivity (Wildman–Crippen MR) is 92.5 cm³/mol. The molecule has 3 heterocycles. The van der Waals surface area contributed by atoms with Crippen LogP contribution in [0.15, 0.2) is 60.9 Å². The summed E-state index contributed by atoms with van der Waals surface area (Å²) in [7, 11) is 0. The number of nitrogens with one attached hydrogen (secondary N) is 1. The van der Waals surface area contributed by atoms with Crippen molar-refractivity contribution in [3.05, 3.63) is 66.6 Å². The van der Waals surface area contributed by atoms with Crippen LogP contribution in [-0.4, -0.2) is 19.6 Å². The van der Waals surface area contributed by atoms with E-state index >= 15 is 0 Å². The average molecular weight is 298 g/mol. The molecule has 0 amide bonds. The smallest absolute Gasteiger partial charge is 0.163 e. The van der Waals surface area contributed by atoms with Gasteiger partial charge in [0.25, 0.3) is 0 Å². The van der Waals surface area contributed by atoms with Crippen molar-refractivity contribution in [3.8, 4) is 11.1 Å². The Kier molecular flexibility index (Phi) is 2.39. The van der Waals surface area contributed by atoms with Crippen LogP contribution in [0.4, 0.5) is 0 Å². The molecule has 0 saturated carbocycles. The van der Waals surface area contributed by atoms with E-state index in [1.54, 1.807) is 0 Å². The van der Waals surface area contributed by atoms with E-state index in [4.69, 9.17) is 5.10 Å². The highest BCUT2D eigenvalue weighted by atomic mass is 15.3. The first-order valence-electron chi connectivity index (χ1n) is 7.62. The van der Waals surface area contributed by atoms with Crippen molar-refractivity contribution < 1.29 is 0 Å². The Morgan fingerprint density at radius 2 is 1.83 bits per heavy atom. The first kappa shape index (κ1) is 12.4. The summed E-state index contributed by atoms with van der Waals surface area (Å²) in [5.74, 6) is 0. The van der Waals surface area contributed by atoms with Crippen LogP contribution in [0.3, 0.4) is 0 Å². The molecule has 0 spiro atoms. The minimum absolute atomic E-state index is 0.894. The third kappa shape index (κ3) is 1.66. The molecule has 1 N–H and O–H groups in total. The van der Waals surface area contributed by atoms with Gasteiger partial charge in [0.15, 0.2) is 5.65 Å². The van der Waals surface area contributed by atoms with Gasteiger partial charge in [0.2, 0.25) is 0 Å². The molecule has 110 valence electrons. The number of para-hydroxylation sites is 2. The molecule has 0 saturated heterocycles. The fourth-order valence-corrected chi connectivity index (χ4v) is 3.32. The maximum atomic E-state index is 4.74. The molecule has 5 rings (SSSR count). The van der Waals surface area contributed by atoms with Crippen molar-refractivity contribution in [3.63, 3.8) is 0 Å². The van der Waals surface area contributed by atoms with Gasteiger partial charge in [-0.25, -0.2) is 9.50 Å². The van der Waals surface area contributed by atoms with Crippen LogP contribution in [-0.2, 0) is 0 Å². The van der Waals surface area contributed by atoms with Gasteiger partial charge in [-0.1, -0.05) is 36.4 Å². The molecule has 4 heteroatoms. The molecule has 0 aliphatic rings. The second-order valence-corrected chi connectivity index (χ2v) is 5.76. The zero-order valence-electron chi connectivity index (χ0n) is 12.6. The average Bonchev–Trinajstić information content (AvgIpc) is 3.15. The highest BCUT2D eigenvalue weighted by Crippen LogP contribution is 2.34. The second kappa shape index (κ2) is 4.43. The van der Waals surface area contributed by atoms with E-state index in [1.165, 1.54) is 5.39 Å². The van der Waals surface area contributed by atoms with Crippen LogP contribution < -0.4 is 0 Å². The molecule has 0 bridgehead atoms. The van der Waals surface area contributed by atoms with Crippen LogP contribution in [0.1, 0.15) is 5.69 Å². The third-order valence-electron chi connectivity index (χ3n) is 4.39. The fraction of sp³-hybridized carbons (Fsp3) is 0.0526. The molecule has 0 aliphatic carbocycles. The molecule has 4 nitrogen and oxygen atoms in total. The Morgan fingerprint density at radius 1 is 1.00 bits per heavy atom. The van der Waals surface area contributed by atoms with Gasteiger partial charge >= 0.3 is 0 Å². The molecule has 23 heavy (non-hydrogen) atoms. The van der Waals surface area contributed by atoms with Crippen molar-refractivity contribution in [2.75, 3.05) is 0 Å². The Balaban J connectivity index is 1.92. The molecule has 0 fully saturated rings. The largest absolute Gasteiger partial charge is 0.361 e. The monoisotopic (exact) mass is 298 g/mol. The third-order valence-corrected chi connectivity index (χ3v) is 4.39. The molecule has 0 atom stereocenters. The zero-order chi connectivity index (χ0) is 15.4. The minimum atomic E-state index is 0.894. The van der Waals surface area contributed by atoms with Crippen molar-refractivity contribution in [2.45, 2.75) is 6.92 Å². The Morgan fingerprint density at radius 3 is 2.78 bits per heavy atom. The van der Waals surface area contributed by atoms with Crippen molar-refractivity contribution in [1.29, 1.82) is 0 Å². The van der Waals surface area contributed by atoms with Crippen LogP contribution in [0.5, 0.6) is 0 Å². The fourth-order valence-electron chi connectivity index (χ4n) is 3.32. The maximum Gasteiger partial charge on any atom is 0.163 e. The van der Waals surface area contributed by atoms with Gasteiger partial charge in [0.05, 0.1) is 16.8 Å². The van der Waals surface area contributed by atoms with Crippen LogP contribution in [0.25, 0.3) is 38.6 Å². The van der Waals surface area contributed by atoms with Gasteiger partial charge < -0.3 is 4.98 Å². The van der Waals surface area contributed by atoms with Crippen molar-refractivity contribution in [2.24, 2.45) is 0 Å². The van der Waals surface area contributed by atoms with Crippen LogP contribution >= 0.6 is 0 Å². The van der Waals surface area contributed by atoms with E-state index in [1.807, 2.05) is 42.0 Å². The molecule has 0 radical (unpaired) electrons. The van der Waals surface area contributed by atoms with Gasteiger partial charge in [-0.2, -0.15) is 5.10 Å². The predicted octanol–water partition coefficient (Wildman–Crippen LogP) is 4.34. The highest BCUT2D eigenvalue weighted by Gasteiger charge is 2.17. The number of aromatic amines is 1. The summed E-state index contributed by atoms with van der Waals surface area (Å²) in [5, 5.41) is 7.03. The van der Waals surface area contributed by atoms with E-state index < -0.39 is 0 Å². The number of fused-ring (bicyclic) bond motifs is 4. The molecule has 2 aromatic carbocycles. The van der Waals surface area contributed by atoms with Crippen molar-refractivity contribution >= 4 is 27.5 Å². The Bertz CT molecular complexity index is 1180. The number of H-pyrrole nitrogens is 1. The molecular formula is C19H14N4. The quantitative estimate of drug-likeness (QED) is 0.500. The van der Waals surface area contributed by atoms with Crippen LogP contribution in [0, 0.1) is 6.92 Å². The van der Waals surface area contributed by atoms with E-state index in [-0.39, 0.29) is 0 Å². The summed E-state index contributed by atoms with van der Waals surface area (Å²) in [6, 6.07) is 16.5. The molecule has 0 unspecified atom stereocenters. The summed E-state index contributed by atoms with van der Waals surface area (Å²) in [6.07, 6.45) is 3.97. The lowest BCUT2D eigenvalue weighted by Crippen LogP contribution is -1.92. The highest BCUT2D eigenvalue weighted by molar-refractivity contribution is 6.00. The van der Waals surface area contributed by atoms with E-state index in [2.05, 4.69) is 40.3 Å². The number of aryl methyl sites for hydroxylation is 1. The number of rotatable bonds is 1. The maximum absolute atomic E-state index is 4.74. The van der Waals surface area contributed by atoms with Gasteiger partial charge in [-0.15, -0.1) is 0 Å². The Labute approximate surface area is 132 Å². The van der Waals surface area contributed by atoms with E-state index in [0.717, 1.165) is 38.9 Å². The number of aromatic nitrogens is 4. The number of nitrogens with zero attached hydrogens (tertiary/aromatic N) is 3. The standard InChI is InChI=1S/C19H14N4/c1-12-18(15-11-20-16-8-4-3-7-14(15)16)19-21-10-13-6-2-5-9-17(13)23(19)22-12/h2-11,20H,1H3. The topological polar surface area (TPSA) is 46.0 Å². The van der Waals surface area contributed by atoms with Gasteiger partial charge in [-0.3, -0.25) is 0 Å². The molecule has 0 aliphatic heterocycles. The lowest BCUT2D eigenvalue weighted by molar-refractivity contribution is 0.956. The summed E-state index contributed by atoms with van der Waals surface area (Å²) in [5.41, 5.74) is 6.32. The normalized spacial score (nSPS) is 11.7. The number of hydrogen-bond acceptors (Lipinski definition) is 2. The lowest BCUT2D eigenvalue weighted by atomic mass is 10.1.